The molecule has 1 aromatic heterocycles. The van der Waals surface area contributed by atoms with E-state index in [0.717, 1.165) is 67.3 Å². The van der Waals surface area contributed by atoms with Gasteiger partial charge in [0.15, 0.2) is 11.5 Å². The van der Waals surface area contributed by atoms with Gasteiger partial charge in [0.2, 0.25) is 5.78 Å². The van der Waals surface area contributed by atoms with E-state index in [0.29, 0.717) is 47.6 Å². The Morgan fingerprint density at radius 2 is 1.50 bits per heavy atom. The zero-order valence-electron chi connectivity index (χ0n) is 30.7. The molecular formula is C45H43N5O4. The van der Waals surface area contributed by atoms with Crippen LogP contribution in [-0.2, 0) is 16.2 Å². The van der Waals surface area contributed by atoms with Crippen LogP contribution < -0.4 is 17.2 Å². The number of hydrogen-bond acceptors (Lipinski definition) is 8. The van der Waals surface area contributed by atoms with Crippen molar-refractivity contribution >= 4 is 72.3 Å². The lowest BCUT2D eigenvalue weighted by Crippen LogP contribution is -2.21. The van der Waals surface area contributed by atoms with E-state index in [1.165, 1.54) is 6.92 Å². The highest BCUT2D eigenvalue weighted by atomic mass is 16.7. The van der Waals surface area contributed by atoms with Crippen molar-refractivity contribution < 1.29 is 19.2 Å². The van der Waals surface area contributed by atoms with Crippen LogP contribution in [0.1, 0.15) is 62.7 Å². The number of rotatable bonds is 12. The largest absolute Gasteiger partial charge is 0.398 e. The molecule has 0 aliphatic heterocycles. The number of anilines is 1. The summed E-state index contributed by atoms with van der Waals surface area (Å²) >= 11 is 0. The van der Waals surface area contributed by atoms with Crippen molar-refractivity contribution in [1.82, 2.24) is 4.57 Å². The number of oxime groups is 1. The third-order valence-corrected chi connectivity index (χ3v) is 10.2. The second kappa shape index (κ2) is 15.1. The smallest absolute Gasteiger partial charge is 0.332 e. The number of fused-ring (bicyclic) bond motifs is 6. The summed E-state index contributed by atoms with van der Waals surface area (Å²) in [6.07, 6.45) is 1.69. The molecule has 0 bridgehead atoms. The first-order valence-electron chi connectivity index (χ1n) is 18.2. The van der Waals surface area contributed by atoms with Crippen LogP contribution in [0.4, 0.5) is 5.69 Å². The van der Waals surface area contributed by atoms with Gasteiger partial charge in [-0.2, -0.15) is 0 Å². The molecule has 0 saturated heterocycles. The fraction of sp³-hybridized carbons (Fsp3) is 0.200. The fourth-order valence-corrected chi connectivity index (χ4v) is 7.77. The lowest BCUT2D eigenvalue weighted by molar-refractivity contribution is -0.140. The average molecular weight is 718 g/mol. The van der Waals surface area contributed by atoms with Gasteiger partial charge in [0.05, 0.1) is 5.52 Å². The minimum atomic E-state index is -0.642. The van der Waals surface area contributed by atoms with E-state index in [1.54, 1.807) is 12.1 Å². The molecule has 6 N–H and O–H groups in total. The number of nitrogen functional groups attached to an aromatic ring is 1. The van der Waals surface area contributed by atoms with Crippen molar-refractivity contribution in [2.24, 2.45) is 22.5 Å². The fourth-order valence-electron chi connectivity index (χ4n) is 7.77. The summed E-state index contributed by atoms with van der Waals surface area (Å²) in [5.74, 6) is -1.10. The quantitative estimate of drug-likeness (QED) is 0.0380. The Balaban J connectivity index is 1.49. The van der Waals surface area contributed by atoms with Crippen molar-refractivity contribution in [3.05, 3.63) is 137 Å². The van der Waals surface area contributed by atoms with Gasteiger partial charge in [0.25, 0.3) is 0 Å². The monoisotopic (exact) mass is 717 g/mol. The predicted molar refractivity (Wildman–Crippen MR) is 218 cm³/mol. The Hall–Kier alpha value is -6.16. The number of Topliss-reactive ketones (excluding diaryl/α,β-unsaturated/α-hetero) is 1. The number of carbonyl (C=O) groups is 3. The predicted octanol–water partition coefficient (Wildman–Crippen LogP) is 7.99. The van der Waals surface area contributed by atoms with Gasteiger partial charge in [0.1, 0.15) is 0 Å². The lowest BCUT2D eigenvalue weighted by Gasteiger charge is -2.18. The molecule has 0 amide bonds. The molecule has 1 unspecified atom stereocenters. The van der Waals surface area contributed by atoms with Gasteiger partial charge in [0, 0.05) is 63.1 Å². The van der Waals surface area contributed by atoms with Crippen LogP contribution in [0.15, 0.2) is 108 Å². The number of benzene rings is 6. The van der Waals surface area contributed by atoms with E-state index in [9.17, 15) is 14.4 Å². The molecule has 0 aliphatic rings. The highest BCUT2D eigenvalue weighted by Gasteiger charge is 2.26. The van der Waals surface area contributed by atoms with Crippen molar-refractivity contribution in [3.63, 3.8) is 0 Å². The first kappa shape index (κ1) is 36.2. The molecule has 0 aliphatic carbocycles. The van der Waals surface area contributed by atoms with Gasteiger partial charge in [-0.3, -0.25) is 9.59 Å². The van der Waals surface area contributed by atoms with E-state index >= 15 is 0 Å². The lowest BCUT2D eigenvalue weighted by atomic mass is 9.91. The molecule has 54 heavy (non-hydrogen) atoms. The number of nitrogens with two attached hydrogens (primary N) is 3. The van der Waals surface area contributed by atoms with E-state index in [1.807, 2.05) is 105 Å². The molecule has 0 saturated carbocycles. The maximum absolute atomic E-state index is 14.6. The molecule has 272 valence electrons. The normalized spacial score (nSPS) is 12.5. The minimum absolute atomic E-state index is 0.00158. The van der Waals surface area contributed by atoms with Crippen LogP contribution in [0, 0.1) is 19.8 Å². The Kier molecular flexibility index (Phi) is 10.1. The number of ketones is 2. The first-order valence-corrected chi connectivity index (χ1v) is 18.2. The van der Waals surface area contributed by atoms with Crippen molar-refractivity contribution in [2.45, 2.75) is 40.2 Å². The molecule has 6 aromatic carbocycles. The third-order valence-electron chi connectivity index (χ3n) is 10.2. The van der Waals surface area contributed by atoms with Crippen LogP contribution >= 0.6 is 0 Å². The number of carbonyl (C=O) groups excluding carboxylic acids is 3. The molecule has 0 fully saturated rings. The highest BCUT2D eigenvalue weighted by molar-refractivity contribution is 6.53. The minimum Gasteiger partial charge on any atom is -0.398 e. The zero-order chi connectivity index (χ0) is 38.1. The van der Waals surface area contributed by atoms with E-state index in [-0.39, 0.29) is 17.4 Å². The van der Waals surface area contributed by atoms with Crippen LogP contribution in [-0.4, -0.2) is 40.9 Å². The molecule has 7 rings (SSSR count). The number of aryl methyl sites for hydroxylation is 2. The molecule has 1 heterocycles. The van der Waals surface area contributed by atoms with Gasteiger partial charge in [-0.15, -0.1) is 0 Å². The van der Waals surface area contributed by atoms with E-state index < -0.39 is 11.8 Å². The van der Waals surface area contributed by atoms with Crippen molar-refractivity contribution in [3.8, 4) is 0 Å². The molecular weight excluding hydrogens is 675 g/mol. The SMILES string of the molecule is CC(=O)O/N=C(\C(=O)c1ccc2c(c1)c1cc(C(=O)c3c(C)cc(C)cc3N)c3ccccc3c1n2CC(CN)CCCN)c1cccc2ccccc12. The molecule has 9 nitrogen and oxygen atoms in total. The number of nitrogens with zero attached hydrogens (tertiary/aromatic N) is 2. The van der Waals surface area contributed by atoms with Gasteiger partial charge < -0.3 is 26.6 Å². The zero-order valence-corrected chi connectivity index (χ0v) is 30.7. The Labute approximate surface area is 313 Å². The summed E-state index contributed by atoms with van der Waals surface area (Å²) in [4.78, 5) is 46.2. The van der Waals surface area contributed by atoms with Gasteiger partial charge in [-0.05, 0) is 103 Å². The summed E-state index contributed by atoms with van der Waals surface area (Å²) in [6.45, 7) is 6.75. The molecule has 1 atom stereocenters. The highest BCUT2D eigenvalue weighted by Crippen LogP contribution is 2.39. The summed E-state index contributed by atoms with van der Waals surface area (Å²) in [7, 11) is 0. The maximum Gasteiger partial charge on any atom is 0.332 e. The first-order chi connectivity index (χ1) is 26.1. The molecule has 7 aromatic rings. The Morgan fingerprint density at radius 3 is 2.22 bits per heavy atom. The second-order valence-corrected chi connectivity index (χ2v) is 14.0. The number of aromatic nitrogens is 1. The van der Waals surface area contributed by atoms with Crippen LogP contribution in [0.2, 0.25) is 0 Å². The topological polar surface area (TPSA) is 156 Å². The van der Waals surface area contributed by atoms with Crippen molar-refractivity contribution in [1.29, 1.82) is 0 Å². The molecule has 9 heteroatoms. The van der Waals surface area contributed by atoms with Gasteiger partial charge >= 0.3 is 5.97 Å². The number of hydrogen-bond donors (Lipinski definition) is 3. The Morgan fingerprint density at radius 1 is 0.778 bits per heavy atom. The van der Waals surface area contributed by atoms with E-state index in [2.05, 4.69) is 9.72 Å². The summed E-state index contributed by atoms with van der Waals surface area (Å²) in [5, 5.41) is 9.10. The van der Waals surface area contributed by atoms with Crippen LogP contribution in [0.5, 0.6) is 0 Å². The van der Waals surface area contributed by atoms with Crippen LogP contribution in [0.25, 0.3) is 43.4 Å². The molecule has 0 radical (unpaired) electrons. The van der Waals surface area contributed by atoms with E-state index in [4.69, 9.17) is 22.0 Å². The molecule has 0 spiro atoms. The summed E-state index contributed by atoms with van der Waals surface area (Å²) < 4.78 is 2.26. The maximum atomic E-state index is 14.6. The van der Waals surface area contributed by atoms with Crippen molar-refractivity contribution in [2.75, 3.05) is 18.8 Å². The summed E-state index contributed by atoms with van der Waals surface area (Å²) in [5.41, 5.74) is 24.6. The summed E-state index contributed by atoms with van der Waals surface area (Å²) in [6, 6.07) is 32.4. The standard InChI is InChI=1S/C45H43N5O4/c1-26-20-27(2)41(39(48)21-26)45(53)38-23-37-36-22-31(44(52)42(49-54-28(3)51)34-16-8-12-30-11-4-5-13-32(30)34)17-18-40(36)50(25-29(24-47)10-9-19-46)43(37)35-15-7-6-14-33(35)38/h4-8,11-18,20-23,29H,9-10,19,24-25,46-48H2,1-3H3/b49-42-. The third kappa shape index (κ3) is 6.64. The van der Waals surface area contributed by atoms with Gasteiger partial charge in [-0.1, -0.05) is 78.0 Å². The van der Waals surface area contributed by atoms with Crippen LogP contribution in [0.3, 0.4) is 0 Å². The van der Waals surface area contributed by atoms with Gasteiger partial charge in [-0.25, -0.2) is 4.79 Å². The second-order valence-electron chi connectivity index (χ2n) is 14.0. The average Bonchev–Trinajstić information content (AvgIpc) is 3.47. The Bertz CT molecular complexity index is 2630.